The highest BCUT2D eigenvalue weighted by molar-refractivity contribution is 6.35. The van der Waals surface area contributed by atoms with Crippen LogP contribution < -0.4 is 4.74 Å². The van der Waals surface area contributed by atoms with Crippen LogP contribution in [0.2, 0.25) is 10.0 Å². The lowest BCUT2D eigenvalue weighted by Gasteiger charge is -2.10. The summed E-state index contributed by atoms with van der Waals surface area (Å²) in [6.45, 7) is 0. The summed E-state index contributed by atoms with van der Waals surface area (Å²) in [5, 5.41) is 9.90. The van der Waals surface area contributed by atoms with E-state index in [1.54, 1.807) is 18.2 Å². The quantitative estimate of drug-likeness (QED) is 0.937. The number of aromatic nitrogens is 1. The summed E-state index contributed by atoms with van der Waals surface area (Å²) in [6, 6.07) is 6.33. The van der Waals surface area contributed by atoms with Crippen LogP contribution in [0.1, 0.15) is 10.5 Å². The number of halogens is 2. The SMILES string of the molecule is COc1cc(C(=O)O)ncc1-c1cc(Cl)ccc1Cl. The average molecular weight is 298 g/mol. The van der Waals surface area contributed by atoms with Gasteiger partial charge in [-0.15, -0.1) is 0 Å². The molecule has 2 aromatic rings. The first-order chi connectivity index (χ1) is 9.02. The van der Waals surface area contributed by atoms with Crippen LogP contribution in [0.25, 0.3) is 11.1 Å². The molecule has 1 heterocycles. The zero-order valence-electron chi connectivity index (χ0n) is 9.85. The van der Waals surface area contributed by atoms with Gasteiger partial charge in [0.1, 0.15) is 5.75 Å². The number of aromatic carboxylic acids is 1. The van der Waals surface area contributed by atoms with Crippen molar-refractivity contribution in [3.63, 3.8) is 0 Å². The zero-order valence-corrected chi connectivity index (χ0v) is 11.4. The second-order valence-electron chi connectivity index (χ2n) is 3.70. The fourth-order valence-electron chi connectivity index (χ4n) is 1.63. The maximum Gasteiger partial charge on any atom is 0.354 e. The maximum absolute atomic E-state index is 10.9. The van der Waals surface area contributed by atoms with E-state index < -0.39 is 5.97 Å². The van der Waals surface area contributed by atoms with Crippen LogP contribution in [0.5, 0.6) is 5.75 Å². The van der Waals surface area contributed by atoms with Crippen molar-refractivity contribution in [3.8, 4) is 16.9 Å². The van der Waals surface area contributed by atoms with E-state index in [0.717, 1.165) is 0 Å². The van der Waals surface area contributed by atoms with Gasteiger partial charge in [0.25, 0.3) is 0 Å². The van der Waals surface area contributed by atoms with E-state index in [2.05, 4.69) is 4.98 Å². The van der Waals surface area contributed by atoms with Gasteiger partial charge in [-0.05, 0) is 18.2 Å². The summed E-state index contributed by atoms with van der Waals surface area (Å²) in [5.74, 6) is -0.751. The molecule has 4 nitrogen and oxygen atoms in total. The van der Waals surface area contributed by atoms with Crippen molar-refractivity contribution in [2.75, 3.05) is 7.11 Å². The van der Waals surface area contributed by atoms with Gasteiger partial charge in [-0.3, -0.25) is 0 Å². The van der Waals surface area contributed by atoms with Crippen LogP contribution in [0.4, 0.5) is 0 Å². The molecule has 1 N–H and O–H groups in total. The second kappa shape index (κ2) is 5.47. The third kappa shape index (κ3) is 2.80. The van der Waals surface area contributed by atoms with E-state index in [-0.39, 0.29) is 5.69 Å². The van der Waals surface area contributed by atoms with E-state index in [1.165, 1.54) is 19.4 Å². The summed E-state index contributed by atoms with van der Waals surface area (Å²) in [5.41, 5.74) is 1.12. The molecule has 0 saturated heterocycles. The van der Waals surface area contributed by atoms with Gasteiger partial charge in [-0.2, -0.15) is 0 Å². The van der Waals surface area contributed by atoms with Crippen molar-refractivity contribution in [1.29, 1.82) is 0 Å². The van der Waals surface area contributed by atoms with Gasteiger partial charge in [0, 0.05) is 33.4 Å². The normalized spacial score (nSPS) is 10.3. The molecule has 0 saturated carbocycles. The standard InChI is InChI=1S/C13H9Cl2NO3/c1-19-12-5-11(13(17)18)16-6-9(12)8-4-7(14)2-3-10(8)15/h2-6H,1H3,(H,17,18). The van der Waals surface area contributed by atoms with Crippen molar-refractivity contribution < 1.29 is 14.6 Å². The van der Waals surface area contributed by atoms with Gasteiger partial charge >= 0.3 is 5.97 Å². The van der Waals surface area contributed by atoms with E-state index >= 15 is 0 Å². The molecule has 2 rings (SSSR count). The van der Waals surface area contributed by atoms with Crippen molar-refractivity contribution in [3.05, 3.63) is 46.2 Å². The van der Waals surface area contributed by atoms with Crippen LogP contribution in [0.3, 0.4) is 0 Å². The van der Waals surface area contributed by atoms with Crippen LogP contribution in [0, 0.1) is 0 Å². The van der Waals surface area contributed by atoms with E-state index in [1.807, 2.05) is 0 Å². The number of carboxylic acid groups (broad SMARTS) is 1. The molecule has 0 amide bonds. The van der Waals surface area contributed by atoms with Crippen molar-refractivity contribution in [1.82, 2.24) is 4.98 Å². The molecule has 0 aliphatic carbocycles. The highest BCUT2D eigenvalue weighted by atomic mass is 35.5. The Morgan fingerprint density at radius 2 is 2.00 bits per heavy atom. The van der Waals surface area contributed by atoms with Gasteiger partial charge in [0.15, 0.2) is 5.69 Å². The molecule has 0 spiro atoms. The van der Waals surface area contributed by atoms with Crippen LogP contribution >= 0.6 is 23.2 Å². The van der Waals surface area contributed by atoms with Gasteiger partial charge in [0.05, 0.1) is 7.11 Å². The summed E-state index contributed by atoms with van der Waals surface area (Å²) in [6.07, 6.45) is 1.40. The number of ether oxygens (including phenoxy) is 1. The molecule has 0 bridgehead atoms. The Hall–Kier alpha value is -1.78. The smallest absolute Gasteiger partial charge is 0.354 e. The summed E-state index contributed by atoms with van der Waals surface area (Å²) in [4.78, 5) is 14.7. The minimum Gasteiger partial charge on any atom is -0.496 e. The molecular formula is C13H9Cl2NO3. The van der Waals surface area contributed by atoms with E-state index in [9.17, 15) is 4.79 Å². The lowest BCUT2D eigenvalue weighted by molar-refractivity contribution is 0.0690. The second-order valence-corrected chi connectivity index (χ2v) is 4.54. The average Bonchev–Trinajstić information content (AvgIpc) is 2.40. The zero-order chi connectivity index (χ0) is 14.0. The first-order valence-electron chi connectivity index (χ1n) is 5.25. The van der Waals surface area contributed by atoms with Gasteiger partial charge in [-0.1, -0.05) is 23.2 Å². The minimum absolute atomic E-state index is 0.0984. The summed E-state index contributed by atoms with van der Waals surface area (Å²) >= 11 is 12.0. The predicted octanol–water partition coefficient (Wildman–Crippen LogP) is 3.76. The Labute approximate surface area is 119 Å². The first kappa shape index (κ1) is 13.6. The molecule has 1 aromatic carbocycles. The number of hydrogen-bond acceptors (Lipinski definition) is 3. The molecule has 6 heteroatoms. The molecule has 19 heavy (non-hydrogen) atoms. The number of nitrogens with zero attached hydrogens (tertiary/aromatic N) is 1. The number of carboxylic acids is 1. The molecule has 98 valence electrons. The number of benzene rings is 1. The van der Waals surface area contributed by atoms with Gasteiger partial charge < -0.3 is 9.84 Å². The third-order valence-corrected chi connectivity index (χ3v) is 3.09. The molecule has 0 aliphatic heterocycles. The third-order valence-electron chi connectivity index (χ3n) is 2.52. The molecular weight excluding hydrogens is 289 g/mol. The van der Waals surface area contributed by atoms with Gasteiger partial charge in [-0.25, -0.2) is 9.78 Å². The van der Waals surface area contributed by atoms with Crippen molar-refractivity contribution in [2.45, 2.75) is 0 Å². The molecule has 0 radical (unpaired) electrons. The van der Waals surface area contributed by atoms with Gasteiger partial charge in [0.2, 0.25) is 0 Å². The van der Waals surface area contributed by atoms with Crippen LogP contribution in [0.15, 0.2) is 30.5 Å². The highest BCUT2D eigenvalue weighted by Gasteiger charge is 2.14. The minimum atomic E-state index is -1.12. The molecule has 0 unspecified atom stereocenters. The Balaban J connectivity index is 2.62. The number of rotatable bonds is 3. The Morgan fingerprint density at radius 1 is 1.26 bits per heavy atom. The fraction of sp³-hybridized carbons (Fsp3) is 0.0769. The van der Waals surface area contributed by atoms with Crippen molar-refractivity contribution >= 4 is 29.2 Å². The highest BCUT2D eigenvalue weighted by Crippen LogP contribution is 2.36. The number of carbonyl (C=O) groups is 1. The van der Waals surface area contributed by atoms with E-state index in [4.69, 9.17) is 33.0 Å². The summed E-state index contributed by atoms with van der Waals surface area (Å²) < 4.78 is 5.18. The number of hydrogen-bond donors (Lipinski definition) is 1. The maximum atomic E-state index is 10.9. The molecule has 0 atom stereocenters. The summed E-state index contributed by atoms with van der Waals surface area (Å²) in [7, 11) is 1.45. The van der Waals surface area contributed by atoms with Crippen molar-refractivity contribution in [2.24, 2.45) is 0 Å². The van der Waals surface area contributed by atoms with Crippen LogP contribution in [-0.4, -0.2) is 23.2 Å². The van der Waals surface area contributed by atoms with E-state index in [0.29, 0.717) is 26.9 Å². The topological polar surface area (TPSA) is 59.4 Å². The Bertz CT molecular complexity index is 644. The largest absolute Gasteiger partial charge is 0.496 e. The first-order valence-corrected chi connectivity index (χ1v) is 6.01. The fourth-order valence-corrected chi connectivity index (χ4v) is 2.02. The van der Waals surface area contributed by atoms with Crippen LogP contribution in [-0.2, 0) is 0 Å². The lowest BCUT2D eigenvalue weighted by atomic mass is 10.1. The molecule has 1 aromatic heterocycles. The molecule has 0 aliphatic rings. The number of methoxy groups -OCH3 is 1. The predicted molar refractivity (Wildman–Crippen MR) is 73.2 cm³/mol. The molecule has 0 fully saturated rings. The number of pyridine rings is 1. The lowest BCUT2D eigenvalue weighted by Crippen LogP contribution is -2.01. The Kier molecular flexibility index (Phi) is 3.93. The Morgan fingerprint density at radius 3 is 2.63 bits per heavy atom. The monoisotopic (exact) mass is 297 g/mol.